The van der Waals surface area contributed by atoms with Crippen LogP contribution in [0.3, 0.4) is 0 Å². The number of nitrogens with one attached hydrogen (secondary N) is 1. The molecule has 1 saturated carbocycles. The van der Waals surface area contributed by atoms with Crippen LogP contribution in [-0.2, 0) is 0 Å². The second-order valence-electron chi connectivity index (χ2n) is 7.63. The number of benzene rings is 1. The fourth-order valence-electron chi connectivity index (χ4n) is 3.32. The molecule has 0 amide bonds. The molecule has 0 aromatic heterocycles. The highest BCUT2D eigenvalue weighted by Crippen LogP contribution is 2.38. The van der Waals surface area contributed by atoms with Gasteiger partial charge in [-0.15, -0.1) is 0 Å². The molecule has 112 valence electrons. The Balaban J connectivity index is 2.11. The Morgan fingerprint density at radius 1 is 1.05 bits per heavy atom. The lowest BCUT2D eigenvalue weighted by Gasteiger charge is -2.34. The highest BCUT2D eigenvalue weighted by atomic mass is 14.9. The van der Waals surface area contributed by atoms with Crippen LogP contribution >= 0.6 is 0 Å². The van der Waals surface area contributed by atoms with Crippen LogP contribution in [-0.4, -0.2) is 12.1 Å². The third-order valence-electron chi connectivity index (χ3n) is 4.76. The van der Waals surface area contributed by atoms with Crippen molar-refractivity contribution in [2.45, 2.75) is 71.8 Å². The lowest BCUT2D eigenvalue weighted by atomic mass is 9.75. The molecule has 2 rings (SSSR count). The van der Waals surface area contributed by atoms with Gasteiger partial charge in [0.15, 0.2) is 0 Å². The second-order valence-corrected chi connectivity index (χ2v) is 7.63. The molecular formula is C19H31N. The van der Waals surface area contributed by atoms with E-state index in [1.165, 1.54) is 36.8 Å². The summed E-state index contributed by atoms with van der Waals surface area (Å²) in [5.74, 6) is 1.54. The first kappa shape index (κ1) is 15.6. The van der Waals surface area contributed by atoms with Crippen LogP contribution in [0, 0.1) is 19.8 Å². The summed E-state index contributed by atoms with van der Waals surface area (Å²) < 4.78 is 0. The van der Waals surface area contributed by atoms with E-state index in [1.807, 2.05) is 0 Å². The molecule has 1 nitrogen and oxygen atoms in total. The molecule has 1 aromatic carbocycles. The number of hydrogen-bond acceptors (Lipinski definition) is 1. The van der Waals surface area contributed by atoms with Gasteiger partial charge in [0.05, 0.1) is 0 Å². The summed E-state index contributed by atoms with van der Waals surface area (Å²) in [5, 5.41) is 3.72. The number of hydrogen-bond donors (Lipinski definition) is 1. The van der Waals surface area contributed by atoms with E-state index in [-0.39, 0.29) is 5.54 Å². The van der Waals surface area contributed by atoms with Gasteiger partial charge in [-0.05, 0) is 82.5 Å². The summed E-state index contributed by atoms with van der Waals surface area (Å²) in [7, 11) is 0. The average molecular weight is 273 g/mol. The first-order chi connectivity index (χ1) is 9.37. The Kier molecular flexibility index (Phi) is 4.90. The van der Waals surface area contributed by atoms with Crippen molar-refractivity contribution in [3.05, 3.63) is 34.9 Å². The maximum atomic E-state index is 3.72. The quantitative estimate of drug-likeness (QED) is 0.820. The Hall–Kier alpha value is -0.820. The van der Waals surface area contributed by atoms with E-state index in [0.717, 1.165) is 18.4 Å². The van der Waals surface area contributed by atoms with Crippen molar-refractivity contribution in [3.8, 4) is 0 Å². The van der Waals surface area contributed by atoms with Crippen LogP contribution < -0.4 is 5.32 Å². The summed E-state index contributed by atoms with van der Waals surface area (Å²) in [6, 6.07) is 7.09. The van der Waals surface area contributed by atoms with Gasteiger partial charge in [-0.25, -0.2) is 0 Å². The zero-order valence-corrected chi connectivity index (χ0v) is 13.9. The minimum absolute atomic E-state index is 0.227. The lowest BCUT2D eigenvalue weighted by Crippen LogP contribution is -2.41. The molecule has 0 saturated heterocycles. The van der Waals surface area contributed by atoms with E-state index in [9.17, 15) is 0 Å². The van der Waals surface area contributed by atoms with Crippen molar-refractivity contribution in [1.82, 2.24) is 5.32 Å². The van der Waals surface area contributed by atoms with E-state index < -0.39 is 0 Å². The van der Waals surface area contributed by atoms with Gasteiger partial charge < -0.3 is 5.32 Å². The van der Waals surface area contributed by atoms with E-state index >= 15 is 0 Å². The van der Waals surface area contributed by atoms with Gasteiger partial charge in [0, 0.05) is 5.54 Å². The Morgan fingerprint density at radius 2 is 1.75 bits per heavy atom. The van der Waals surface area contributed by atoms with Crippen LogP contribution in [0.25, 0.3) is 0 Å². The molecule has 1 fully saturated rings. The summed E-state index contributed by atoms with van der Waals surface area (Å²) in [6.45, 7) is 12.4. The molecule has 0 aliphatic heterocycles. The Bertz CT molecular complexity index is 442. The molecule has 0 spiro atoms. The molecule has 1 N–H and O–H groups in total. The topological polar surface area (TPSA) is 12.0 Å². The standard InChI is InChI=1S/C19H31N/c1-14-10-11-16(12-15(14)2)18-9-7-6-8-17(18)13-20-19(3,4)5/h10-12,17-18,20H,6-9,13H2,1-5H3. The molecule has 1 aliphatic rings. The average Bonchev–Trinajstić information content (AvgIpc) is 2.39. The predicted octanol–water partition coefficient (Wildman–Crippen LogP) is 4.97. The zero-order valence-electron chi connectivity index (χ0n) is 13.9. The molecule has 1 aromatic rings. The van der Waals surface area contributed by atoms with Crippen molar-refractivity contribution in [2.24, 2.45) is 5.92 Å². The highest BCUT2D eigenvalue weighted by molar-refractivity contribution is 5.32. The normalized spacial score (nSPS) is 23.9. The summed E-state index contributed by atoms with van der Waals surface area (Å²) in [5.41, 5.74) is 4.64. The fourth-order valence-corrected chi connectivity index (χ4v) is 3.32. The first-order valence-corrected chi connectivity index (χ1v) is 8.19. The maximum absolute atomic E-state index is 3.72. The molecular weight excluding hydrogens is 242 g/mol. The van der Waals surface area contributed by atoms with Crippen LogP contribution in [0.1, 0.15) is 69.1 Å². The molecule has 0 heterocycles. The predicted molar refractivity (Wildman–Crippen MR) is 88.4 cm³/mol. The smallest absolute Gasteiger partial charge is 0.00966 e. The summed E-state index contributed by atoms with van der Waals surface area (Å²) >= 11 is 0. The fraction of sp³-hybridized carbons (Fsp3) is 0.684. The van der Waals surface area contributed by atoms with Gasteiger partial charge in [0.2, 0.25) is 0 Å². The minimum Gasteiger partial charge on any atom is -0.312 e. The van der Waals surface area contributed by atoms with Gasteiger partial charge in [-0.3, -0.25) is 0 Å². The summed E-state index contributed by atoms with van der Waals surface area (Å²) in [6.07, 6.45) is 5.53. The van der Waals surface area contributed by atoms with Crippen molar-refractivity contribution < 1.29 is 0 Å². The molecule has 2 atom stereocenters. The number of aryl methyl sites for hydroxylation is 2. The third kappa shape index (κ3) is 4.09. The highest BCUT2D eigenvalue weighted by Gasteiger charge is 2.27. The minimum atomic E-state index is 0.227. The SMILES string of the molecule is Cc1ccc(C2CCCCC2CNC(C)(C)C)cc1C. The van der Waals surface area contributed by atoms with Gasteiger partial charge in [-0.1, -0.05) is 31.0 Å². The summed E-state index contributed by atoms with van der Waals surface area (Å²) in [4.78, 5) is 0. The zero-order chi connectivity index (χ0) is 14.8. The van der Waals surface area contributed by atoms with Crippen LogP contribution in [0.4, 0.5) is 0 Å². The lowest BCUT2D eigenvalue weighted by molar-refractivity contribution is 0.269. The first-order valence-electron chi connectivity index (χ1n) is 8.19. The van der Waals surface area contributed by atoms with Crippen molar-refractivity contribution in [2.75, 3.05) is 6.54 Å². The van der Waals surface area contributed by atoms with Crippen molar-refractivity contribution in [1.29, 1.82) is 0 Å². The second kappa shape index (κ2) is 6.30. The van der Waals surface area contributed by atoms with Gasteiger partial charge in [0.25, 0.3) is 0 Å². The van der Waals surface area contributed by atoms with Crippen LogP contribution in [0.15, 0.2) is 18.2 Å². The Labute approximate surface area is 125 Å². The van der Waals surface area contributed by atoms with Crippen LogP contribution in [0.2, 0.25) is 0 Å². The molecule has 0 bridgehead atoms. The van der Waals surface area contributed by atoms with Crippen molar-refractivity contribution >= 4 is 0 Å². The van der Waals surface area contributed by atoms with E-state index in [1.54, 1.807) is 5.56 Å². The Morgan fingerprint density at radius 3 is 2.40 bits per heavy atom. The van der Waals surface area contributed by atoms with E-state index in [2.05, 4.69) is 58.1 Å². The molecule has 20 heavy (non-hydrogen) atoms. The van der Waals surface area contributed by atoms with Gasteiger partial charge in [-0.2, -0.15) is 0 Å². The largest absolute Gasteiger partial charge is 0.312 e. The van der Waals surface area contributed by atoms with E-state index in [4.69, 9.17) is 0 Å². The third-order valence-corrected chi connectivity index (χ3v) is 4.76. The van der Waals surface area contributed by atoms with Crippen molar-refractivity contribution in [3.63, 3.8) is 0 Å². The van der Waals surface area contributed by atoms with Gasteiger partial charge in [0.1, 0.15) is 0 Å². The molecule has 2 unspecified atom stereocenters. The molecule has 1 aliphatic carbocycles. The van der Waals surface area contributed by atoms with Crippen LogP contribution in [0.5, 0.6) is 0 Å². The number of rotatable bonds is 3. The monoisotopic (exact) mass is 273 g/mol. The van der Waals surface area contributed by atoms with E-state index in [0.29, 0.717) is 0 Å². The molecule has 1 heteroatoms. The maximum Gasteiger partial charge on any atom is 0.00966 e. The molecule has 0 radical (unpaired) electrons. The van der Waals surface area contributed by atoms with Gasteiger partial charge >= 0.3 is 0 Å².